The summed E-state index contributed by atoms with van der Waals surface area (Å²) in [6.45, 7) is 10.7. The first-order chi connectivity index (χ1) is 6.93. The topological polar surface area (TPSA) is 0 Å². The molecule has 0 heterocycles. The molecule has 0 N–H and O–H groups in total. The van der Waals surface area contributed by atoms with E-state index in [2.05, 4.69) is 13.2 Å². The van der Waals surface area contributed by atoms with E-state index in [1.54, 1.807) is 13.8 Å². The van der Waals surface area contributed by atoms with Crippen LogP contribution in [0.15, 0.2) is 30.9 Å². The van der Waals surface area contributed by atoms with Crippen LogP contribution in [-0.4, -0.2) is 0 Å². The number of rotatable bonds is 3. The first-order valence-corrected chi connectivity index (χ1v) is 4.70. The molecule has 0 unspecified atom stereocenters. The Kier molecular flexibility index (Phi) is 3.40. The first-order valence-electron chi connectivity index (χ1n) is 4.70. The van der Waals surface area contributed by atoms with E-state index < -0.39 is 11.6 Å². The highest BCUT2D eigenvalue weighted by Gasteiger charge is 2.13. The molecule has 0 spiro atoms. The van der Waals surface area contributed by atoms with E-state index in [1.165, 1.54) is 12.1 Å². The van der Waals surface area contributed by atoms with Gasteiger partial charge in [0, 0.05) is 11.1 Å². The van der Waals surface area contributed by atoms with Crippen molar-refractivity contribution in [2.75, 3.05) is 0 Å². The third kappa shape index (κ3) is 2.52. The largest absolute Gasteiger partial charge is 0.207 e. The number of allylic oxidation sites excluding steroid dienone is 2. The molecule has 0 bridgehead atoms. The van der Waals surface area contributed by atoms with Gasteiger partial charge in [-0.2, -0.15) is 0 Å². The van der Waals surface area contributed by atoms with Crippen molar-refractivity contribution in [3.05, 3.63) is 53.6 Å². The molecule has 1 rings (SSSR count). The SMILES string of the molecule is C=C(C)Cc1c(F)ccc(C(=C)C)c1F. The molecule has 0 aliphatic rings. The van der Waals surface area contributed by atoms with Crippen LogP contribution in [0.1, 0.15) is 25.0 Å². The fraction of sp³-hybridized carbons (Fsp3) is 0.231. The van der Waals surface area contributed by atoms with Crippen molar-refractivity contribution < 1.29 is 8.78 Å². The third-order valence-corrected chi connectivity index (χ3v) is 2.12. The minimum absolute atomic E-state index is 0.0722. The molecule has 0 nitrogen and oxygen atoms in total. The lowest BCUT2D eigenvalue weighted by molar-refractivity contribution is 0.558. The number of benzene rings is 1. The van der Waals surface area contributed by atoms with Crippen molar-refractivity contribution in [3.63, 3.8) is 0 Å². The summed E-state index contributed by atoms with van der Waals surface area (Å²) in [6.07, 6.45) is 0.221. The van der Waals surface area contributed by atoms with Crippen molar-refractivity contribution in [1.29, 1.82) is 0 Å². The van der Waals surface area contributed by atoms with Gasteiger partial charge in [0.2, 0.25) is 0 Å². The molecule has 2 heteroatoms. The second-order valence-electron chi connectivity index (χ2n) is 3.80. The fourth-order valence-electron chi connectivity index (χ4n) is 1.39. The van der Waals surface area contributed by atoms with Crippen molar-refractivity contribution in [3.8, 4) is 0 Å². The second-order valence-corrected chi connectivity index (χ2v) is 3.80. The van der Waals surface area contributed by atoms with E-state index >= 15 is 0 Å². The molecule has 0 saturated carbocycles. The van der Waals surface area contributed by atoms with Crippen molar-refractivity contribution in [2.24, 2.45) is 0 Å². The Bertz CT molecular complexity index is 417. The lowest BCUT2D eigenvalue weighted by atomic mass is 10.00. The van der Waals surface area contributed by atoms with Gasteiger partial charge in [0.05, 0.1) is 0 Å². The summed E-state index contributed by atoms with van der Waals surface area (Å²) in [6, 6.07) is 2.68. The van der Waals surface area contributed by atoms with Crippen LogP contribution in [0.4, 0.5) is 8.78 Å². The predicted octanol–water partition coefficient (Wildman–Crippen LogP) is 4.12. The zero-order chi connectivity index (χ0) is 11.6. The van der Waals surface area contributed by atoms with Crippen molar-refractivity contribution in [1.82, 2.24) is 0 Å². The minimum Gasteiger partial charge on any atom is -0.207 e. The molecule has 80 valence electrons. The van der Waals surface area contributed by atoms with Crippen LogP contribution in [0, 0.1) is 11.6 Å². The maximum Gasteiger partial charge on any atom is 0.137 e. The number of hydrogen-bond acceptors (Lipinski definition) is 0. The smallest absolute Gasteiger partial charge is 0.137 e. The predicted molar refractivity (Wildman–Crippen MR) is 59.6 cm³/mol. The Balaban J connectivity index is 3.29. The third-order valence-electron chi connectivity index (χ3n) is 2.12. The van der Waals surface area contributed by atoms with Crippen LogP contribution < -0.4 is 0 Å². The van der Waals surface area contributed by atoms with Gasteiger partial charge in [0.25, 0.3) is 0 Å². The highest BCUT2D eigenvalue weighted by Crippen LogP contribution is 2.23. The molecule has 1 aromatic rings. The van der Waals surface area contributed by atoms with Crippen molar-refractivity contribution >= 4 is 5.57 Å². The summed E-state index contributed by atoms with van der Waals surface area (Å²) in [5.41, 5.74) is 1.76. The maximum atomic E-state index is 13.8. The zero-order valence-electron chi connectivity index (χ0n) is 9.03. The van der Waals surface area contributed by atoms with Gasteiger partial charge in [0.15, 0.2) is 0 Å². The lowest BCUT2D eigenvalue weighted by Crippen LogP contribution is -2.00. The van der Waals surface area contributed by atoms with Gasteiger partial charge >= 0.3 is 0 Å². The van der Waals surface area contributed by atoms with Gasteiger partial charge in [-0.1, -0.05) is 18.7 Å². The summed E-state index contributed by atoms with van der Waals surface area (Å²) in [5, 5.41) is 0. The van der Waals surface area contributed by atoms with Gasteiger partial charge in [-0.3, -0.25) is 0 Å². The van der Waals surface area contributed by atoms with Crippen LogP contribution in [0.5, 0.6) is 0 Å². The minimum atomic E-state index is -0.527. The first kappa shape index (κ1) is 11.6. The maximum absolute atomic E-state index is 13.8. The van der Waals surface area contributed by atoms with Crippen LogP contribution in [-0.2, 0) is 6.42 Å². The summed E-state index contributed by atoms with van der Waals surface area (Å²) < 4.78 is 27.1. The lowest BCUT2D eigenvalue weighted by Gasteiger charge is -2.09. The molecule has 1 aromatic carbocycles. The van der Waals surface area contributed by atoms with E-state index in [0.717, 1.165) is 5.57 Å². The molecule has 0 aromatic heterocycles. The van der Waals surface area contributed by atoms with E-state index in [0.29, 0.717) is 11.1 Å². The van der Waals surface area contributed by atoms with Crippen LogP contribution in [0.3, 0.4) is 0 Å². The normalized spacial score (nSPS) is 10.1. The van der Waals surface area contributed by atoms with Gasteiger partial charge in [-0.15, -0.1) is 0 Å². The Morgan fingerprint density at radius 3 is 2.27 bits per heavy atom. The van der Waals surface area contributed by atoms with Crippen molar-refractivity contribution in [2.45, 2.75) is 20.3 Å². The molecule has 15 heavy (non-hydrogen) atoms. The van der Waals surface area contributed by atoms with Gasteiger partial charge in [-0.25, -0.2) is 8.78 Å². The Morgan fingerprint density at radius 1 is 1.20 bits per heavy atom. The average molecular weight is 208 g/mol. The van der Waals surface area contributed by atoms with Gasteiger partial charge in [-0.05, 0) is 38.0 Å². The second kappa shape index (κ2) is 4.39. The standard InChI is InChI=1S/C13H14F2/c1-8(2)7-11-12(14)6-5-10(9(3)4)13(11)15/h5-6H,1,3,7H2,2,4H3. The quantitative estimate of drug-likeness (QED) is 0.655. The van der Waals surface area contributed by atoms with Crippen LogP contribution in [0.25, 0.3) is 5.57 Å². The highest BCUT2D eigenvalue weighted by molar-refractivity contribution is 5.62. The molecule has 0 aliphatic heterocycles. The molecule has 0 atom stereocenters. The van der Waals surface area contributed by atoms with Gasteiger partial charge in [0.1, 0.15) is 11.6 Å². The molecule has 0 radical (unpaired) electrons. The fourth-order valence-corrected chi connectivity index (χ4v) is 1.39. The summed E-state index contributed by atoms with van der Waals surface area (Å²) in [7, 11) is 0. The van der Waals surface area contributed by atoms with Crippen LogP contribution >= 0.6 is 0 Å². The van der Waals surface area contributed by atoms with E-state index in [1.807, 2.05) is 0 Å². The summed E-state index contributed by atoms with van der Waals surface area (Å²) >= 11 is 0. The molecule has 0 saturated heterocycles. The number of hydrogen-bond donors (Lipinski definition) is 0. The monoisotopic (exact) mass is 208 g/mol. The Labute approximate surface area is 88.9 Å². The molecule has 0 aliphatic carbocycles. The Hall–Kier alpha value is -1.44. The molecule has 0 fully saturated rings. The molecular formula is C13H14F2. The average Bonchev–Trinajstić information content (AvgIpc) is 2.11. The van der Waals surface area contributed by atoms with Gasteiger partial charge < -0.3 is 0 Å². The number of halogens is 2. The molecular weight excluding hydrogens is 194 g/mol. The van der Waals surface area contributed by atoms with E-state index in [9.17, 15) is 8.78 Å². The summed E-state index contributed by atoms with van der Waals surface area (Å²) in [5.74, 6) is -1.05. The van der Waals surface area contributed by atoms with E-state index in [4.69, 9.17) is 0 Å². The molecule has 0 amide bonds. The van der Waals surface area contributed by atoms with Crippen LogP contribution in [0.2, 0.25) is 0 Å². The zero-order valence-corrected chi connectivity index (χ0v) is 9.03. The summed E-state index contributed by atoms with van der Waals surface area (Å²) in [4.78, 5) is 0. The van der Waals surface area contributed by atoms with E-state index in [-0.39, 0.29) is 12.0 Å². The Morgan fingerprint density at radius 2 is 1.80 bits per heavy atom. The highest BCUT2D eigenvalue weighted by atomic mass is 19.1.